The van der Waals surface area contributed by atoms with Gasteiger partial charge in [0.2, 0.25) is 0 Å². The standard InChI is InChI=1S/C12H15NO/c1-3-12(4-2,9-13)10-7-5-6-8-11(10)14/h5-8,14H,3-4H2,1-2H3. The molecule has 14 heavy (non-hydrogen) atoms. The molecular formula is C12H15NO. The summed E-state index contributed by atoms with van der Waals surface area (Å²) in [4.78, 5) is 0. The van der Waals surface area contributed by atoms with Crippen molar-refractivity contribution in [2.24, 2.45) is 0 Å². The number of hydrogen-bond acceptors (Lipinski definition) is 2. The zero-order chi connectivity index (χ0) is 10.6. The monoisotopic (exact) mass is 189 g/mol. The molecule has 0 fully saturated rings. The Morgan fingerprint density at radius 1 is 1.29 bits per heavy atom. The predicted molar refractivity (Wildman–Crippen MR) is 56.0 cm³/mol. The zero-order valence-corrected chi connectivity index (χ0v) is 8.62. The summed E-state index contributed by atoms with van der Waals surface area (Å²) in [5, 5.41) is 18.9. The Morgan fingerprint density at radius 3 is 2.29 bits per heavy atom. The smallest absolute Gasteiger partial charge is 0.120 e. The van der Waals surface area contributed by atoms with E-state index in [1.54, 1.807) is 12.1 Å². The summed E-state index contributed by atoms with van der Waals surface area (Å²) in [6.45, 7) is 3.94. The van der Waals surface area contributed by atoms with Crippen LogP contribution in [0.1, 0.15) is 32.3 Å². The Labute approximate surface area is 84.8 Å². The summed E-state index contributed by atoms with van der Waals surface area (Å²) in [5.41, 5.74) is 0.207. The Kier molecular flexibility index (Phi) is 3.14. The molecule has 0 amide bonds. The molecule has 0 radical (unpaired) electrons. The van der Waals surface area contributed by atoms with Crippen LogP contribution in [0.25, 0.3) is 0 Å². The van der Waals surface area contributed by atoms with Gasteiger partial charge < -0.3 is 5.11 Å². The fourth-order valence-corrected chi connectivity index (χ4v) is 1.73. The van der Waals surface area contributed by atoms with Crippen molar-refractivity contribution in [3.63, 3.8) is 0 Å². The first-order valence-electron chi connectivity index (χ1n) is 4.90. The number of nitriles is 1. The van der Waals surface area contributed by atoms with Crippen LogP contribution in [-0.4, -0.2) is 5.11 Å². The molecule has 0 bridgehead atoms. The Bertz CT molecular complexity index is 348. The lowest BCUT2D eigenvalue weighted by Gasteiger charge is -2.24. The van der Waals surface area contributed by atoms with Crippen molar-refractivity contribution in [3.05, 3.63) is 29.8 Å². The van der Waals surface area contributed by atoms with Gasteiger partial charge in [0.05, 0.1) is 11.5 Å². The minimum absolute atomic E-state index is 0.220. The molecule has 2 heteroatoms. The molecule has 0 unspecified atom stereocenters. The third-order valence-corrected chi connectivity index (χ3v) is 2.84. The maximum Gasteiger partial charge on any atom is 0.120 e. The van der Waals surface area contributed by atoms with Gasteiger partial charge in [-0.05, 0) is 18.9 Å². The van der Waals surface area contributed by atoms with Crippen LogP contribution in [0, 0.1) is 11.3 Å². The summed E-state index contributed by atoms with van der Waals surface area (Å²) in [7, 11) is 0. The average Bonchev–Trinajstić information content (AvgIpc) is 2.24. The highest BCUT2D eigenvalue weighted by atomic mass is 16.3. The van der Waals surface area contributed by atoms with Crippen LogP contribution in [-0.2, 0) is 5.41 Å². The van der Waals surface area contributed by atoms with Crippen LogP contribution >= 0.6 is 0 Å². The van der Waals surface area contributed by atoms with Crippen molar-refractivity contribution >= 4 is 0 Å². The van der Waals surface area contributed by atoms with Crippen LogP contribution in [0.4, 0.5) is 0 Å². The molecule has 0 aliphatic carbocycles. The van der Waals surface area contributed by atoms with E-state index in [9.17, 15) is 10.4 Å². The highest BCUT2D eigenvalue weighted by Gasteiger charge is 2.30. The third-order valence-electron chi connectivity index (χ3n) is 2.84. The van der Waals surface area contributed by atoms with Crippen molar-refractivity contribution < 1.29 is 5.11 Å². The SMILES string of the molecule is CCC(C#N)(CC)c1ccccc1O. The summed E-state index contributed by atoms with van der Waals surface area (Å²) >= 11 is 0. The number of para-hydroxylation sites is 1. The molecule has 0 aromatic heterocycles. The van der Waals surface area contributed by atoms with Gasteiger partial charge in [-0.25, -0.2) is 0 Å². The third kappa shape index (κ3) is 1.58. The van der Waals surface area contributed by atoms with Crippen molar-refractivity contribution in [1.82, 2.24) is 0 Å². The molecule has 74 valence electrons. The summed E-state index contributed by atoms with van der Waals surface area (Å²) in [6, 6.07) is 9.39. The second-order valence-corrected chi connectivity index (χ2v) is 3.42. The number of phenolic OH excluding ortho intramolecular Hbond substituents is 1. The summed E-state index contributed by atoms with van der Waals surface area (Å²) in [6.07, 6.45) is 1.44. The maximum atomic E-state index is 9.69. The quantitative estimate of drug-likeness (QED) is 0.794. The molecule has 2 nitrogen and oxygen atoms in total. The van der Waals surface area contributed by atoms with E-state index in [2.05, 4.69) is 6.07 Å². The normalized spacial score (nSPS) is 10.9. The topological polar surface area (TPSA) is 44.0 Å². The van der Waals surface area contributed by atoms with E-state index in [1.807, 2.05) is 26.0 Å². The molecule has 0 aliphatic heterocycles. The van der Waals surface area contributed by atoms with Crippen LogP contribution < -0.4 is 0 Å². The minimum Gasteiger partial charge on any atom is -0.508 e. The number of phenols is 1. The van der Waals surface area contributed by atoms with Crippen LogP contribution in [0.3, 0.4) is 0 Å². The second-order valence-electron chi connectivity index (χ2n) is 3.42. The predicted octanol–water partition coefficient (Wildman–Crippen LogP) is 2.97. The van der Waals surface area contributed by atoms with Crippen LogP contribution in [0.5, 0.6) is 5.75 Å². The molecule has 1 aromatic rings. The number of benzene rings is 1. The first-order chi connectivity index (χ1) is 6.70. The first-order valence-corrected chi connectivity index (χ1v) is 4.90. The van der Waals surface area contributed by atoms with Gasteiger partial charge in [-0.15, -0.1) is 0 Å². The van der Waals surface area contributed by atoms with Crippen molar-refractivity contribution in [1.29, 1.82) is 5.26 Å². The zero-order valence-electron chi connectivity index (χ0n) is 8.62. The summed E-state index contributed by atoms with van der Waals surface area (Å²) in [5.74, 6) is 0.220. The van der Waals surface area contributed by atoms with E-state index in [0.29, 0.717) is 0 Å². The van der Waals surface area contributed by atoms with E-state index in [4.69, 9.17) is 0 Å². The number of rotatable bonds is 3. The molecule has 1 aromatic carbocycles. The fourth-order valence-electron chi connectivity index (χ4n) is 1.73. The largest absolute Gasteiger partial charge is 0.508 e. The van der Waals surface area contributed by atoms with E-state index >= 15 is 0 Å². The summed E-state index contributed by atoms with van der Waals surface area (Å²) < 4.78 is 0. The van der Waals surface area contributed by atoms with Crippen molar-refractivity contribution in [2.45, 2.75) is 32.1 Å². The van der Waals surface area contributed by atoms with Gasteiger partial charge in [0.1, 0.15) is 5.75 Å². The number of nitrogens with zero attached hydrogens (tertiary/aromatic N) is 1. The first kappa shape index (κ1) is 10.6. The fraction of sp³-hybridized carbons (Fsp3) is 0.417. The molecule has 0 saturated carbocycles. The second kappa shape index (κ2) is 4.15. The number of hydrogen-bond donors (Lipinski definition) is 1. The highest BCUT2D eigenvalue weighted by Crippen LogP contribution is 2.36. The number of aromatic hydroxyl groups is 1. The molecule has 0 atom stereocenters. The van der Waals surface area contributed by atoms with Crippen LogP contribution in [0.2, 0.25) is 0 Å². The minimum atomic E-state index is -0.536. The van der Waals surface area contributed by atoms with E-state index in [1.165, 1.54) is 0 Å². The van der Waals surface area contributed by atoms with Gasteiger partial charge in [-0.1, -0.05) is 32.0 Å². The van der Waals surface area contributed by atoms with Gasteiger partial charge in [0.25, 0.3) is 0 Å². The highest BCUT2D eigenvalue weighted by molar-refractivity contribution is 5.42. The van der Waals surface area contributed by atoms with Gasteiger partial charge in [-0.2, -0.15) is 5.26 Å². The van der Waals surface area contributed by atoms with E-state index < -0.39 is 5.41 Å². The average molecular weight is 189 g/mol. The van der Waals surface area contributed by atoms with Gasteiger partial charge >= 0.3 is 0 Å². The van der Waals surface area contributed by atoms with Gasteiger partial charge in [0.15, 0.2) is 0 Å². The molecule has 1 rings (SSSR count). The molecule has 0 aliphatic rings. The van der Waals surface area contributed by atoms with Crippen molar-refractivity contribution in [3.8, 4) is 11.8 Å². The van der Waals surface area contributed by atoms with Crippen molar-refractivity contribution in [2.75, 3.05) is 0 Å². The Hall–Kier alpha value is -1.49. The van der Waals surface area contributed by atoms with Crippen LogP contribution in [0.15, 0.2) is 24.3 Å². The lowest BCUT2D eigenvalue weighted by Crippen LogP contribution is -2.21. The molecular weight excluding hydrogens is 174 g/mol. The van der Waals surface area contributed by atoms with E-state index in [-0.39, 0.29) is 5.75 Å². The van der Waals surface area contributed by atoms with E-state index in [0.717, 1.165) is 18.4 Å². The maximum absolute atomic E-state index is 9.69. The lowest BCUT2D eigenvalue weighted by molar-refractivity contribution is 0.432. The van der Waals surface area contributed by atoms with Gasteiger partial charge in [-0.3, -0.25) is 0 Å². The Morgan fingerprint density at radius 2 is 1.86 bits per heavy atom. The van der Waals surface area contributed by atoms with Gasteiger partial charge in [0, 0.05) is 5.56 Å². The molecule has 0 spiro atoms. The Balaban J connectivity index is 3.26. The molecule has 0 heterocycles. The molecule has 1 N–H and O–H groups in total. The molecule has 0 saturated heterocycles. The lowest BCUT2D eigenvalue weighted by atomic mass is 9.77.